The Morgan fingerprint density at radius 2 is 1.96 bits per heavy atom. The Labute approximate surface area is 141 Å². The number of hydrogen-bond acceptors (Lipinski definition) is 3. The summed E-state index contributed by atoms with van der Waals surface area (Å²) in [5, 5.41) is 0. The molecule has 4 heteroatoms. The molecule has 0 aromatic heterocycles. The smallest absolute Gasteiger partial charge is 0.258 e. The predicted octanol–water partition coefficient (Wildman–Crippen LogP) is 4.62. The molecule has 2 aromatic carbocycles. The van der Waals surface area contributed by atoms with Crippen LogP contribution in [0.15, 0.2) is 53.4 Å². The van der Waals surface area contributed by atoms with Crippen molar-refractivity contribution in [2.45, 2.75) is 24.7 Å². The van der Waals surface area contributed by atoms with E-state index in [4.69, 9.17) is 4.74 Å². The molecule has 3 rings (SSSR count). The summed E-state index contributed by atoms with van der Waals surface area (Å²) in [5.74, 6) is 1.81. The number of unbranched alkanes of at least 4 members (excludes halogenated alkanes) is 1. The van der Waals surface area contributed by atoms with E-state index in [0.717, 1.165) is 43.2 Å². The number of fused-ring (bicyclic) bond motifs is 1. The van der Waals surface area contributed by atoms with E-state index in [1.807, 2.05) is 47.4 Å². The van der Waals surface area contributed by atoms with E-state index >= 15 is 0 Å². The third-order valence-electron chi connectivity index (χ3n) is 3.84. The van der Waals surface area contributed by atoms with Crippen molar-refractivity contribution in [2.75, 3.05) is 23.8 Å². The highest BCUT2D eigenvalue weighted by atomic mass is 32.2. The van der Waals surface area contributed by atoms with Crippen LogP contribution in [0.2, 0.25) is 0 Å². The Morgan fingerprint density at radius 3 is 2.74 bits per heavy atom. The van der Waals surface area contributed by atoms with Gasteiger partial charge in [0, 0.05) is 22.8 Å². The zero-order valence-corrected chi connectivity index (χ0v) is 14.1. The fourth-order valence-electron chi connectivity index (χ4n) is 2.56. The second-order valence-electron chi connectivity index (χ2n) is 5.50. The van der Waals surface area contributed by atoms with Crippen molar-refractivity contribution in [3.05, 3.63) is 54.1 Å². The van der Waals surface area contributed by atoms with E-state index < -0.39 is 0 Å². The van der Waals surface area contributed by atoms with Crippen LogP contribution in [0.3, 0.4) is 0 Å². The number of nitrogens with zero attached hydrogens (tertiary/aromatic N) is 1. The quantitative estimate of drug-likeness (QED) is 0.751. The fourth-order valence-corrected chi connectivity index (χ4v) is 3.56. The van der Waals surface area contributed by atoms with E-state index in [-0.39, 0.29) is 5.91 Å². The number of rotatable bonds is 5. The second kappa shape index (κ2) is 7.55. The van der Waals surface area contributed by atoms with Gasteiger partial charge in [-0.05, 0) is 42.8 Å². The van der Waals surface area contributed by atoms with Gasteiger partial charge in [-0.15, -0.1) is 11.8 Å². The van der Waals surface area contributed by atoms with E-state index in [2.05, 4.69) is 13.0 Å². The zero-order chi connectivity index (χ0) is 16.1. The zero-order valence-electron chi connectivity index (χ0n) is 13.3. The van der Waals surface area contributed by atoms with Crippen LogP contribution in [0.25, 0.3) is 0 Å². The summed E-state index contributed by atoms with van der Waals surface area (Å²) < 4.78 is 5.65. The Kier molecular flexibility index (Phi) is 5.23. The van der Waals surface area contributed by atoms with Gasteiger partial charge in [0.25, 0.3) is 5.91 Å². The van der Waals surface area contributed by atoms with Crippen molar-refractivity contribution in [3.63, 3.8) is 0 Å². The van der Waals surface area contributed by atoms with Crippen LogP contribution in [-0.4, -0.2) is 24.8 Å². The number of benzene rings is 2. The topological polar surface area (TPSA) is 29.5 Å². The fraction of sp³-hybridized carbons (Fsp3) is 0.316. The first-order valence-corrected chi connectivity index (χ1v) is 9.04. The van der Waals surface area contributed by atoms with Gasteiger partial charge in [-0.1, -0.05) is 25.5 Å². The van der Waals surface area contributed by atoms with Gasteiger partial charge in [-0.25, -0.2) is 0 Å². The summed E-state index contributed by atoms with van der Waals surface area (Å²) in [6.07, 6.45) is 2.16. The van der Waals surface area contributed by atoms with Crippen LogP contribution in [0.1, 0.15) is 30.1 Å². The molecule has 0 radical (unpaired) electrons. The minimum atomic E-state index is 0.0536. The molecule has 2 aromatic rings. The maximum absolute atomic E-state index is 12.8. The maximum atomic E-state index is 12.8. The first-order valence-electron chi connectivity index (χ1n) is 8.06. The van der Waals surface area contributed by atoms with Crippen LogP contribution < -0.4 is 9.64 Å². The lowest BCUT2D eigenvalue weighted by atomic mass is 10.1. The van der Waals surface area contributed by atoms with Crippen molar-refractivity contribution in [3.8, 4) is 5.75 Å². The Bertz CT molecular complexity index is 669. The lowest BCUT2D eigenvalue weighted by Crippen LogP contribution is -2.35. The van der Waals surface area contributed by atoms with E-state index in [9.17, 15) is 4.79 Å². The van der Waals surface area contributed by atoms with Crippen molar-refractivity contribution < 1.29 is 9.53 Å². The first kappa shape index (κ1) is 15.9. The molecule has 0 unspecified atom stereocenters. The number of amides is 1. The van der Waals surface area contributed by atoms with Crippen LogP contribution >= 0.6 is 11.8 Å². The highest BCUT2D eigenvalue weighted by Gasteiger charge is 2.23. The van der Waals surface area contributed by atoms with E-state index in [1.165, 1.54) is 4.90 Å². The molecule has 1 amide bonds. The Morgan fingerprint density at radius 1 is 1.17 bits per heavy atom. The minimum absolute atomic E-state index is 0.0536. The number of para-hydroxylation sites is 1. The van der Waals surface area contributed by atoms with Gasteiger partial charge >= 0.3 is 0 Å². The summed E-state index contributed by atoms with van der Waals surface area (Å²) in [6, 6.07) is 15.6. The average molecular weight is 327 g/mol. The molecule has 1 aliphatic heterocycles. The molecule has 0 atom stereocenters. The molecule has 0 bridgehead atoms. The van der Waals surface area contributed by atoms with Crippen LogP contribution in [0, 0.1) is 0 Å². The van der Waals surface area contributed by atoms with Gasteiger partial charge in [0.1, 0.15) is 5.75 Å². The monoisotopic (exact) mass is 327 g/mol. The number of anilines is 1. The summed E-state index contributed by atoms with van der Waals surface area (Å²) >= 11 is 1.80. The summed E-state index contributed by atoms with van der Waals surface area (Å²) in [4.78, 5) is 15.9. The van der Waals surface area contributed by atoms with Crippen LogP contribution in [0.4, 0.5) is 5.69 Å². The van der Waals surface area contributed by atoms with Gasteiger partial charge in [-0.2, -0.15) is 0 Å². The first-order chi connectivity index (χ1) is 11.3. The number of thioether (sulfide) groups is 1. The molecule has 3 nitrogen and oxygen atoms in total. The molecule has 0 aliphatic carbocycles. The lowest BCUT2D eigenvalue weighted by molar-refractivity contribution is 0.0987. The molecular formula is C19H21NO2S. The number of carbonyl (C=O) groups excluding carboxylic acids is 1. The number of hydrogen-bond donors (Lipinski definition) is 0. The normalized spacial score (nSPS) is 13.5. The molecule has 120 valence electrons. The summed E-state index contributed by atoms with van der Waals surface area (Å²) in [5.41, 5.74) is 1.71. The summed E-state index contributed by atoms with van der Waals surface area (Å²) in [7, 11) is 0. The van der Waals surface area contributed by atoms with E-state index in [1.54, 1.807) is 11.8 Å². The van der Waals surface area contributed by atoms with Gasteiger partial charge in [0.05, 0.1) is 12.3 Å². The molecule has 0 saturated carbocycles. The third-order valence-corrected chi connectivity index (χ3v) is 4.88. The predicted molar refractivity (Wildman–Crippen MR) is 95.7 cm³/mol. The number of carbonyl (C=O) groups is 1. The highest BCUT2D eigenvalue weighted by molar-refractivity contribution is 7.99. The molecule has 0 saturated heterocycles. The highest BCUT2D eigenvalue weighted by Crippen LogP contribution is 2.35. The molecular weight excluding hydrogens is 306 g/mol. The SMILES string of the molecule is CCCCOc1ccc(C(=O)N2CCSc3ccccc32)cc1. The van der Waals surface area contributed by atoms with Gasteiger partial charge in [-0.3, -0.25) is 4.79 Å². The van der Waals surface area contributed by atoms with Gasteiger partial charge < -0.3 is 9.64 Å². The molecule has 1 heterocycles. The molecule has 0 spiro atoms. The average Bonchev–Trinajstić information content (AvgIpc) is 2.61. The Hall–Kier alpha value is -1.94. The molecule has 0 N–H and O–H groups in total. The molecule has 23 heavy (non-hydrogen) atoms. The molecule has 1 aliphatic rings. The maximum Gasteiger partial charge on any atom is 0.258 e. The van der Waals surface area contributed by atoms with Crippen molar-refractivity contribution in [1.82, 2.24) is 0 Å². The minimum Gasteiger partial charge on any atom is -0.494 e. The van der Waals surface area contributed by atoms with Crippen molar-refractivity contribution in [1.29, 1.82) is 0 Å². The second-order valence-corrected chi connectivity index (χ2v) is 6.64. The number of ether oxygens (including phenoxy) is 1. The van der Waals surface area contributed by atoms with E-state index in [0.29, 0.717) is 5.56 Å². The van der Waals surface area contributed by atoms with Crippen LogP contribution in [-0.2, 0) is 0 Å². The van der Waals surface area contributed by atoms with Crippen molar-refractivity contribution >= 4 is 23.4 Å². The van der Waals surface area contributed by atoms with Gasteiger partial charge in [0.15, 0.2) is 0 Å². The Balaban J connectivity index is 1.74. The largest absolute Gasteiger partial charge is 0.494 e. The van der Waals surface area contributed by atoms with Crippen LogP contribution in [0.5, 0.6) is 5.75 Å². The third kappa shape index (κ3) is 3.70. The summed E-state index contributed by atoms with van der Waals surface area (Å²) in [6.45, 7) is 3.61. The lowest BCUT2D eigenvalue weighted by Gasteiger charge is -2.29. The van der Waals surface area contributed by atoms with Crippen molar-refractivity contribution in [2.24, 2.45) is 0 Å². The standard InChI is InChI=1S/C19H21NO2S/c1-2-3-13-22-16-10-8-15(9-11-16)19(21)20-12-14-23-18-7-5-4-6-17(18)20/h4-11H,2-3,12-14H2,1H3. The molecule has 0 fully saturated rings. The van der Waals surface area contributed by atoms with Gasteiger partial charge in [0.2, 0.25) is 0 Å².